The third-order valence-electron chi connectivity index (χ3n) is 7.18. The molecule has 202 valence electrons. The van der Waals surface area contributed by atoms with Crippen LogP contribution >= 0.6 is 11.8 Å². The van der Waals surface area contributed by atoms with Gasteiger partial charge in [-0.2, -0.15) is 8.42 Å². The molecule has 3 aliphatic heterocycles. The number of nitrogens with two attached hydrogens (primary N) is 1. The standard InChI is InChI=1S/C23H31N5O7S2/c1-12-19-18(13(2)30)22(31)28(19)20(23(32)33)21(12)36-17-7-16(8-26-37(24,34)35)27(10-17)9-14-3-5-15(6-4-14)25-11-29/h3-6,11-13,16-19,26,30H,7-10H2,1-2H3,(H,25,29)(H,32,33)(H2,24,34,35)/t12-,13-,16+,17+,18-,19-/m1/s1. The van der Waals surface area contributed by atoms with Crippen molar-refractivity contribution in [3.63, 3.8) is 0 Å². The Morgan fingerprint density at radius 3 is 2.57 bits per heavy atom. The van der Waals surface area contributed by atoms with E-state index in [2.05, 4.69) is 14.9 Å². The van der Waals surface area contributed by atoms with Gasteiger partial charge in [-0.3, -0.25) is 14.5 Å². The van der Waals surface area contributed by atoms with Gasteiger partial charge in [0.1, 0.15) is 5.70 Å². The molecule has 3 heterocycles. The smallest absolute Gasteiger partial charge is 0.353 e. The molecule has 0 aromatic heterocycles. The summed E-state index contributed by atoms with van der Waals surface area (Å²) in [6.07, 6.45) is 0.287. The highest BCUT2D eigenvalue weighted by atomic mass is 32.2. The molecule has 12 nitrogen and oxygen atoms in total. The Bertz CT molecular complexity index is 1200. The number of carboxylic acids is 1. The average Bonchev–Trinajstić information content (AvgIpc) is 3.29. The van der Waals surface area contributed by atoms with Crippen molar-refractivity contribution < 1.29 is 33.0 Å². The topological polar surface area (TPSA) is 182 Å². The summed E-state index contributed by atoms with van der Waals surface area (Å²) in [6, 6.07) is 6.69. The monoisotopic (exact) mass is 553 g/mol. The highest BCUT2D eigenvalue weighted by Gasteiger charge is 2.60. The second kappa shape index (κ2) is 10.7. The van der Waals surface area contributed by atoms with E-state index >= 15 is 0 Å². The lowest BCUT2D eigenvalue weighted by molar-refractivity contribution is -0.163. The number of aliphatic carboxylic acids is 1. The second-order valence-corrected chi connectivity index (χ2v) is 12.4. The Balaban J connectivity index is 1.53. The zero-order valence-corrected chi connectivity index (χ0v) is 22.0. The van der Waals surface area contributed by atoms with E-state index < -0.39 is 34.2 Å². The van der Waals surface area contributed by atoms with Crippen LogP contribution in [0.3, 0.4) is 0 Å². The molecule has 0 aliphatic carbocycles. The molecule has 37 heavy (non-hydrogen) atoms. The number of β-lactam (4-membered cyclic amide) rings is 1. The summed E-state index contributed by atoms with van der Waals surface area (Å²) in [5.74, 6) is -2.44. The van der Waals surface area contributed by atoms with E-state index in [9.17, 15) is 33.0 Å². The van der Waals surface area contributed by atoms with Gasteiger partial charge in [-0.15, -0.1) is 11.8 Å². The van der Waals surface area contributed by atoms with Crippen LogP contribution in [0.2, 0.25) is 0 Å². The van der Waals surface area contributed by atoms with E-state index in [1.54, 1.807) is 12.1 Å². The van der Waals surface area contributed by atoms with Crippen LogP contribution < -0.4 is 15.2 Å². The van der Waals surface area contributed by atoms with Gasteiger partial charge >= 0.3 is 5.97 Å². The number of amides is 2. The number of carbonyl (C=O) groups excluding carboxylic acids is 2. The van der Waals surface area contributed by atoms with Crippen molar-refractivity contribution in [1.29, 1.82) is 0 Å². The molecular weight excluding hydrogens is 522 g/mol. The summed E-state index contributed by atoms with van der Waals surface area (Å²) in [7, 11) is -3.89. The van der Waals surface area contributed by atoms with Gasteiger partial charge in [-0.1, -0.05) is 19.1 Å². The van der Waals surface area contributed by atoms with Gasteiger partial charge in [0.15, 0.2) is 0 Å². The van der Waals surface area contributed by atoms with Crippen LogP contribution in [0, 0.1) is 11.8 Å². The fraction of sp³-hybridized carbons (Fsp3) is 0.522. The van der Waals surface area contributed by atoms with E-state index in [0.29, 0.717) is 36.5 Å². The van der Waals surface area contributed by atoms with E-state index in [0.717, 1.165) is 5.56 Å². The van der Waals surface area contributed by atoms with Crippen molar-refractivity contribution in [3.05, 3.63) is 40.4 Å². The molecule has 0 bridgehead atoms. The van der Waals surface area contributed by atoms with E-state index in [1.165, 1.54) is 23.6 Å². The number of hydrogen-bond donors (Lipinski definition) is 5. The highest BCUT2D eigenvalue weighted by Crippen LogP contribution is 2.52. The molecule has 6 atom stereocenters. The number of thioether (sulfide) groups is 1. The molecule has 0 unspecified atom stereocenters. The molecule has 2 fully saturated rings. The largest absolute Gasteiger partial charge is 0.477 e. The summed E-state index contributed by atoms with van der Waals surface area (Å²) in [6.45, 7) is 4.57. The Kier molecular flexibility index (Phi) is 7.97. The van der Waals surface area contributed by atoms with Crippen LogP contribution in [0.25, 0.3) is 0 Å². The number of carbonyl (C=O) groups is 3. The maximum atomic E-state index is 12.6. The highest BCUT2D eigenvalue weighted by molar-refractivity contribution is 8.03. The van der Waals surface area contributed by atoms with Crippen molar-refractivity contribution in [3.8, 4) is 0 Å². The summed E-state index contributed by atoms with van der Waals surface area (Å²) < 4.78 is 25.5. The predicted molar refractivity (Wildman–Crippen MR) is 137 cm³/mol. The number of nitrogens with one attached hydrogen (secondary N) is 2. The lowest BCUT2D eigenvalue weighted by Gasteiger charge is -2.46. The lowest BCUT2D eigenvalue weighted by atomic mass is 9.79. The summed E-state index contributed by atoms with van der Waals surface area (Å²) in [5, 5.41) is 27.7. The van der Waals surface area contributed by atoms with Crippen LogP contribution in [0.5, 0.6) is 0 Å². The number of fused-ring (bicyclic) bond motifs is 1. The zero-order valence-electron chi connectivity index (χ0n) is 20.4. The van der Waals surface area contributed by atoms with E-state index in [-0.39, 0.29) is 35.4 Å². The van der Waals surface area contributed by atoms with Crippen LogP contribution in [-0.2, 0) is 31.1 Å². The average molecular weight is 554 g/mol. The maximum Gasteiger partial charge on any atom is 0.353 e. The number of aliphatic hydroxyl groups excluding tert-OH is 1. The molecular formula is C23H31N5O7S2. The Labute approximate surface area is 219 Å². The number of likely N-dealkylation sites (tertiary alicyclic amines) is 1. The van der Waals surface area contributed by atoms with Crippen LogP contribution in [-0.4, -0.2) is 83.2 Å². The molecule has 0 radical (unpaired) electrons. The minimum atomic E-state index is -3.89. The Morgan fingerprint density at radius 2 is 2.00 bits per heavy atom. The van der Waals surface area contributed by atoms with Crippen LogP contribution in [0.1, 0.15) is 25.8 Å². The van der Waals surface area contributed by atoms with Gasteiger partial charge in [0.25, 0.3) is 10.2 Å². The lowest BCUT2D eigenvalue weighted by Crippen LogP contribution is -2.63. The molecule has 0 spiro atoms. The minimum absolute atomic E-state index is 0.0275. The first kappa shape index (κ1) is 27.5. The third kappa shape index (κ3) is 5.68. The third-order valence-corrected chi connectivity index (χ3v) is 9.24. The summed E-state index contributed by atoms with van der Waals surface area (Å²) in [5.41, 5.74) is 1.58. The Hall–Kier alpha value is -2.49. The van der Waals surface area contributed by atoms with Crippen molar-refractivity contribution in [2.45, 2.75) is 50.3 Å². The van der Waals surface area contributed by atoms with Crippen molar-refractivity contribution in [2.75, 3.05) is 18.4 Å². The molecule has 14 heteroatoms. The Morgan fingerprint density at radius 1 is 1.32 bits per heavy atom. The molecule has 2 amide bonds. The molecule has 1 aromatic rings. The number of benzene rings is 1. The summed E-state index contributed by atoms with van der Waals surface area (Å²) >= 11 is 1.41. The number of aliphatic hydroxyl groups is 1. The van der Waals surface area contributed by atoms with Crippen molar-refractivity contribution in [2.24, 2.45) is 17.0 Å². The van der Waals surface area contributed by atoms with Gasteiger partial charge in [0.05, 0.1) is 18.1 Å². The molecule has 2 saturated heterocycles. The first-order valence-electron chi connectivity index (χ1n) is 11.9. The fourth-order valence-electron chi connectivity index (χ4n) is 5.51. The van der Waals surface area contributed by atoms with Gasteiger partial charge in [0, 0.05) is 47.4 Å². The van der Waals surface area contributed by atoms with E-state index in [1.807, 2.05) is 19.1 Å². The molecule has 4 rings (SSSR count). The van der Waals surface area contributed by atoms with Gasteiger partial charge in [-0.05, 0) is 31.0 Å². The summed E-state index contributed by atoms with van der Waals surface area (Å²) in [4.78, 5) is 39.4. The van der Waals surface area contributed by atoms with Crippen molar-refractivity contribution in [1.82, 2.24) is 14.5 Å². The molecule has 6 N–H and O–H groups in total. The number of anilines is 1. The quantitative estimate of drug-likeness (QED) is 0.184. The van der Waals surface area contributed by atoms with Gasteiger partial charge in [0.2, 0.25) is 12.3 Å². The second-order valence-electron chi connectivity index (χ2n) is 9.68. The number of hydrogen-bond acceptors (Lipinski definition) is 8. The van der Waals surface area contributed by atoms with Crippen LogP contribution in [0.4, 0.5) is 5.69 Å². The van der Waals surface area contributed by atoms with Gasteiger partial charge in [-0.25, -0.2) is 14.7 Å². The zero-order chi connectivity index (χ0) is 27.1. The number of rotatable bonds is 11. The van der Waals surface area contributed by atoms with Crippen molar-refractivity contribution >= 4 is 45.9 Å². The molecule has 3 aliphatic rings. The fourth-order valence-corrected chi connectivity index (χ4v) is 7.53. The first-order valence-corrected chi connectivity index (χ1v) is 14.3. The molecule has 0 saturated carbocycles. The number of carboxylic acid groups (broad SMARTS) is 1. The maximum absolute atomic E-state index is 12.6. The molecule has 1 aromatic carbocycles. The first-order chi connectivity index (χ1) is 17.4. The number of nitrogens with zero attached hydrogens (tertiary/aromatic N) is 2. The van der Waals surface area contributed by atoms with Gasteiger partial charge < -0.3 is 20.4 Å². The van der Waals surface area contributed by atoms with Crippen LogP contribution in [0.15, 0.2) is 34.9 Å². The SMILES string of the molecule is C[C@@H](O)[C@H]1C(=O)N2C(C(=O)O)=C(S[C@H]3C[C@@H](CNS(N)(=O)=O)N(Cc4ccc(NC=O)cc4)C3)[C@H](C)[C@H]12. The minimum Gasteiger partial charge on any atom is -0.477 e. The van der Waals surface area contributed by atoms with E-state index in [4.69, 9.17) is 5.14 Å². The predicted octanol–water partition coefficient (Wildman–Crippen LogP) is -0.122. The normalized spacial score (nSPS) is 28.7.